The van der Waals surface area contributed by atoms with Crippen LogP contribution in [0.15, 0.2) is 51.9 Å². The molecular formula is C21H20O10. The lowest BCUT2D eigenvalue weighted by Crippen LogP contribution is -2.59. The van der Waals surface area contributed by atoms with Crippen LogP contribution in [0.4, 0.5) is 0 Å². The molecule has 5 unspecified atom stereocenters. The van der Waals surface area contributed by atoms with Crippen LogP contribution in [0.2, 0.25) is 0 Å². The van der Waals surface area contributed by atoms with E-state index in [2.05, 4.69) is 0 Å². The average Bonchev–Trinajstić information content (AvgIpc) is 2.76. The van der Waals surface area contributed by atoms with E-state index in [1.807, 2.05) is 0 Å². The highest BCUT2D eigenvalue weighted by Gasteiger charge is 2.44. The van der Waals surface area contributed by atoms with Gasteiger partial charge in [-0.15, -0.1) is 0 Å². The van der Waals surface area contributed by atoms with Crippen molar-refractivity contribution in [2.24, 2.45) is 0 Å². The van der Waals surface area contributed by atoms with Crippen LogP contribution in [0, 0.1) is 0 Å². The molecule has 10 nitrogen and oxygen atoms in total. The molecule has 10 heteroatoms. The van der Waals surface area contributed by atoms with Crippen molar-refractivity contribution < 1.29 is 44.2 Å². The maximum absolute atomic E-state index is 12.9. The Morgan fingerprint density at radius 3 is 2.32 bits per heavy atom. The molecule has 5 atom stereocenters. The Bertz CT molecular complexity index is 1140. The van der Waals surface area contributed by atoms with Crippen LogP contribution >= 0.6 is 0 Å². The zero-order valence-corrected chi connectivity index (χ0v) is 16.2. The summed E-state index contributed by atoms with van der Waals surface area (Å²) in [5, 5.41) is 49.0. The second-order valence-corrected chi connectivity index (χ2v) is 7.01. The van der Waals surface area contributed by atoms with Crippen molar-refractivity contribution in [2.75, 3.05) is 7.11 Å². The number of aromatic hydroxyl groups is 1. The van der Waals surface area contributed by atoms with Gasteiger partial charge in [0.15, 0.2) is 6.29 Å². The zero-order chi connectivity index (χ0) is 22.3. The van der Waals surface area contributed by atoms with Gasteiger partial charge in [-0.2, -0.15) is 0 Å². The highest BCUT2D eigenvalue weighted by molar-refractivity contribution is 5.88. The summed E-state index contributed by atoms with van der Waals surface area (Å²) >= 11 is 0. The fourth-order valence-corrected chi connectivity index (χ4v) is 3.30. The Hall–Kier alpha value is -3.15. The number of rotatable bonds is 4. The normalized spacial score (nSPS) is 26.0. The van der Waals surface area contributed by atoms with Crippen LogP contribution in [-0.2, 0) is 4.74 Å². The third kappa shape index (κ3) is 3.82. The molecule has 5 N–H and O–H groups in total. The summed E-state index contributed by atoms with van der Waals surface area (Å²) in [4.78, 5) is 12.9. The number of ether oxygens (including phenoxy) is 3. The predicted molar refractivity (Wildman–Crippen MR) is 106 cm³/mol. The first-order valence-electron chi connectivity index (χ1n) is 9.27. The molecule has 0 spiro atoms. The Kier molecular flexibility index (Phi) is 5.56. The largest absolute Gasteiger partial charge is 0.507 e. The summed E-state index contributed by atoms with van der Waals surface area (Å²) in [7, 11) is 1.43. The van der Waals surface area contributed by atoms with E-state index < -0.39 is 36.3 Å². The molecule has 0 bridgehead atoms. The third-order valence-electron chi connectivity index (χ3n) is 5.03. The smallest absolute Gasteiger partial charge is 0.231 e. The summed E-state index contributed by atoms with van der Waals surface area (Å²) in [6.07, 6.45) is -6.79. The van der Waals surface area contributed by atoms with Gasteiger partial charge >= 0.3 is 0 Å². The monoisotopic (exact) mass is 432 g/mol. The molecule has 1 aliphatic rings. The molecule has 0 aliphatic carbocycles. The van der Waals surface area contributed by atoms with Gasteiger partial charge in [0.1, 0.15) is 52.8 Å². The summed E-state index contributed by atoms with van der Waals surface area (Å²) in [6, 6.07) is 8.86. The first kappa shape index (κ1) is 21.1. The number of aliphatic hydroxyl groups excluding tert-OH is 4. The zero-order valence-electron chi connectivity index (χ0n) is 16.2. The van der Waals surface area contributed by atoms with E-state index in [0.717, 1.165) is 0 Å². The Morgan fingerprint density at radius 2 is 1.65 bits per heavy atom. The minimum Gasteiger partial charge on any atom is -0.507 e. The van der Waals surface area contributed by atoms with Gasteiger partial charge < -0.3 is 44.2 Å². The lowest BCUT2D eigenvalue weighted by Gasteiger charge is -2.37. The van der Waals surface area contributed by atoms with E-state index in [4.69, 9.17) is 18.6 Å². The Balaban J connectivity index is 1.60. The van der Waals surface area contributed by atoms with E-state index >= 15 is 0 Å². The number of methoxy groups -OCH3 is 1. The number of aliphatic hydroxyl groups is 4. The summed E-state index contributed by atoms with van der Waals surface area (Å²) < 4.78 is 21.0. The van der Waals surface area contributed by atoms with Crippen molar-refractivity contribution in [2.45, 2.75) is 30.9 Å². The van der Waals surface area contributed by atoms with Crippen molar-refractivity contribution in [1.82, 2.24) is 0 Å². The standard InChI is InChI=1S/C21H20O10/c1-28-11-6-13(22)15-14(7-11)29-8-12(16(15)23)9-2-4-10(5-3-9)30-21-19(26)17(24)18(25)20(27)31-21/h2-8,17-22,24-27H,1H3. The van der Waals surface area contributed by atoms with Gasteiger partial charge in [0.25, 0.3) is 0 Å². The molecule has 31 heavy (non-hydrogen) atoms. The predicted octanol–water partition coefficient (Wildman–Crippen LogP) is 0.310. The minimum absolute atomic E-state index is 0.0129. The molecule has 0 amide bonds. The summed E-state index contributed by atoms with van der Waals surface area (Å²) in [5.74, 6) is 0.284. The van der Waals surface area contributed by atoms with Crippen molar-refractivity contribution in [3.05, 3.63) is 52.9 Å². The number of fused-ring (bicyclic) bond motifs is 1. The molecule has 1 saturated heterocycles. The highest BCUT2D eigenvalue weighted by atomic mass is 16.7. The SMILES string of the molecule is COc1cc(O)c2c(=O)c(-c3ccc(OC4OC(O)C(O)C(O)C4O)cc3)coc2c1. The molecule has 0 radical (unpaired) electrons. The maximum Gasteiger partial charge on any atom is 0.231 e. The molecule has 2 aromatic carbocycles. The highest BCUT2D eigenvalue weighted by Crippen LogP contribution is 2.31. The van der Waals surface area contributed by atoms with E-state index in [1.54, 1.807) is 12.1 Å². The molecular weight excluding hydrogens is 412 g/mol. The van der Waals surface area contributed by atoms with Gasteiger partial charge in [-0.25, -0.2) is 0 Å². The Labute approximate surface area is 175 Å². The van der Waals surface area contributed by atoms with E-state index in [9.17, 15) is 30.3 Å². The van der Waals surface area contributed by atoms with Crippen molar-refractivity contribution in [3.8, 4) is 28.4 Å². The molecule has 0 saturated carbocycles. The Morgan fingerprint density at radius 1 is 0.935 bits per heavy atom. The number of hydrogen-bond acceptors (Lipinski definition) is 10. The van der Waals surface area contributed by atoms with Gasteiger partial charge in [0.2, 0.25) is 11.7 Å². The van der Waals surface area contributed by atoms with E-state index in [-0.39, 0.29) is 28.0 Å². The van der Waals surface area contributed by atoms with Crippen LogP contribution in [0.3, 0.4) is 0 Å². The number of hydrogen-bond donors (Lipinski definition) is 5. The van der Waals surface area contributed by atoms with Gasteiger partial charge in [-0.3, -0.25) is 4.79 Å². The third-order valence-corrected chi connectivity index (χ3v) is 5.03. The van der Waals surface area contributed by atoms with Gasteiger partial charge in [0, 0.05) is 12.1 Å². The van der Waals surface area contributed by atoms with Crippen LogP contribution in [0.25, 0.3) is 22.1 Å². The van der Waals surface area contributed by atoms with Crippen LogP contribution < -0.4 is 14.9 Å². The molecule has 164 valence electrons. The topological polar surface area (TPSA) is 159 Å². The quantitative estimate of drug-likeness (QED) is 0.388. The minimum atomic E-state index is -1.73. The molecule has 4 rings (SSSR count). The fourth-order valence-electron chi connectivity index (χ4n) is 3.30. The second-order valence-electron chi connectivity index (χ2n) is 7.01. The average molecular weight is 432 g/mol. The molecule has 3 aromatic rings. The van der Waals surface area contributed by atoms with Gasteiger partial charge in [-0.05, 0) is 17.7 Å². The van der Waals surface area contributed by atoms with Crippen LogP contribution in [-0.4, -0.2) is 63.5 Å². The molecule has 1 fully saturated rings. The fraction of sp³-hybridized carbons (Fsp3) is 0.286. The second kappa shape index (κ2) is 8.17. The number of phenols is 1. The maximum atomic E-state index is 12.9. The van der Waals surface area contributed by atoms with Crippen LogP contribution in [0.5, 0.6) is 17.2 Å². The lowest BCUT2D eigenvalue weighted by molar-refractivity contribution is -0.321. The van der Waals surface area contributed by atoms with Gasteiger partial charge in [0.05, 0.1) is 12.7 Å². The van der Waals surface area contributed by atoms with Crippen molar-refractivity contribution in [1.29, 1.82) is 0 Å². The first-order chi connectivity index (χ1) is 14.8. The van der Waals surface area contributed by atoms with Crippen LogP contribution in [0.1, 0.15) is 0 Å². The first-order valence-corrected chi connectivity index (χ1v) is 9.27. The van der Waals surface area contributed by atoms with E-state index in [1.165, 1.54) is 37.6 Å². The number of benzene rings is 2. The number of phenolic OH excluding ortho intramolecular Hbond substituents is 1. The molecule has 1 aliphatic heterocycles. The van der Waals surface area contributed by atoms with Gasteiger partial charge in [-0.1, -0.05) is 12.1 Å². The van der Waals surface area contributed by atoms with Crippen molar-refractivity contribution >= 4 is 11.0 Å². The lowest BCUT2D eigenvalue weighted by atomic mass is 10.0. The summed E-state index contributed by atoms with van der Waals surface area (Å²) in [6.45, 7) is 0. The van der Waals surface area contributed by atoms with E-state index in [0.29, 0.717) is 11.3 Å². The molecule has 2 heterocycles. The molecule has 1 aromatic heterocycles. The van der Waals surface area contributed by atoms with Crippen molar-refractivity contribution in [3.63, 3.8) is 0 Å². The summed E-state index contributed by atoms with van der Waals surface area (Å²) in [5.41, 5.74) is 0.399.